The highest BCUT2D eigenvalue weighted by molar-refractivity contribution is 6.05. The maximum atomic E-state index is 15.2. The molecule has 2 aromatic carbocycles. The molecule has 0 unspecified atom stereocenters. The van der Waals surface area contributed by atoms with Crippen molar-refractivity contribution in [3.63, 3.8) is 0 Å². The van der Waals surface area contributed by atoms with E-state index in [1.807, 2.05) is 23.2 Å². The molecule has 0 radical (unpaired) electrons. The Morgan fingerprint density at radius 3 is 2.43 bits per heavy atom. The number of fused-ring (bicyclic) bond motifs is 2. The van der Waals surface area contributed by atoms with Gasteiger partial charge in [0.25, 0.3) is 5.91 Å². The SMILES string of the molecule is [C-]#[N+]c1cnn2c(C(=O)Nc3cc4cn(C5CCC(N6CCN(CC7CN(c8cc(F)c([C@H]9CCC(=O)NC9=O)c(F)c8)C7)[C@H](C)C6)CC5)nc4cc3C(C)(C)O)ccc2c1. The largest absolute Gasteiger partial charge is 0.386 e. The van der Waals surface area contributed by atoms with Crippen molar-refractivity contribution in [2.75, 3.05) is 49.5 Å². The van der Waals surface area contributed by atoms with Gasteiger partial charge in [-0.25, -0.2) is 18.1 Å². The Morgan fingerprint density at radius 1 is 1.00 bits per heavy atom. The molecule has 61 heavy (non-hydrogen) atoms. The molecule has 14 nitrogen and oxygen atoms in total. The number of piperidine rings is 1. The van der Waals surface area contributed by atoms with E-state index in [4.69, 9.17) is 11.7 Å². The molecular formula is C45H50F2N10O4. The number of nitrogens with one attached hydrogen (secondary N) is 2. The molecule has 6 heterocycles. The van der Waals surface area contributed by atoms with Gasteiger partial charge in [-0.2, -0.15) is 10.2 Å². The van der Waals surface area contributed by atoms with E-state index in [2.05, 4.69) is 42.0 Å². The summed E-state index contributed by atoms with van der Waals surface area (Å²) in [6.45, 7) is 18.2. The first-order chi connectivity index (χ1) is 29.2. The number of benzene rings is 2. The second-order valence-corrected chi connectivity index (χ2v) is 17.9. The van der Waals surface area contributed by atoms with Crippen molar-refractivity contribution in [2.24, 2.45) is 5.92 Å². The van der Waals surface area contributed by atoms with Crippen LogP contribution in [-0.4, -0.2) is 103 Å². The number of carbonyl (C=O) groups is 3. The Balaban J connectivity index is 0.779. The van der Waals surface area contributed by atoms with Crippen molar-refractivity contribution in [3.8, 4) is 0 Å². The smallest absolute Gasteiger partial charge is 0.274 e. The highest BCUT2D eigenvalue weighted by atomic mass is 19.1. The van der Waals surface area contributed by atoms with Gasteiger partial charge >= 0.3 is 0 Å². The van der Waals surface area contributed by atoms with Crippen molar-refractivity contribution < 1.29 is 28.3 Å². The van der Waals surface area contributed by atoms with Crippen molar-refractivity contribution in [3.05, 3.63) is 94.7 Å². The van der Waals surface area contributed by atoms with Gasteiger partial charge in [0.05, 0.1) is 41.4 Å². The Bertz CT molecular complexity index is 2560. The molecular weight excluding hydrogens is 783 g/mol. The van der Waals surface area contributed by atoms with Crippen molar-refractivity contribution >= 4 is 51.2 Å². The average molecular weight is 833 g/mol. The number of nitrogens with zero attached hydrogens (tertiary/aromatic N) is 8. The normalized spacial score (nSPS) is 23.3. The third kappa shape index (κ3) is 7.97. The maximum Gasteiger partial charge on any atom is 0.274 e. The number of imide groups is 1. The quantitative estimate of drug-likeness (QED) is 0.118. The number of hydrogen-bond acceptors (Lipinski definition) is 9. The molecule has 2 atom stereocenters. The molecule has 9 rings (SSSR count). The first-order valence-electron chi connectivity index (χ1n) is 21.2. The van der Waals surface area contributed by atoms with Crippen LogP contribution in [0.2, 0.25) is 0 Å². The Morgan fingerprint density at radius 2 is 1.74 bits per heavy atom. The summed E-state index contributed by atoms with van der Waals surface area (Å²) < 4.78 is 33.9. The van der Waals surface area contributed by atoms with E-state index in [0.717, 1.165) is 62.8 Å². The summed E-state index contributed by atoms with van der Waals surface area (Å²) in [5, 5.41) is 26.5. The van der Waals surface area contributed by atoms with Crippen LogP contribution < -0.4 is 15.5 Å². The van der Waals surface area contributed by atoms with E-state index in [-0.39, 0.29) is 30.4 Å². The molecule has 5 aromatic rings. The number of piperazine rings is 1. The molecule has 0 bridgehead atoms. The summed E-state index contributed by atoms with van der Waals surface area (Å²) in [5.74, 6) is -3.57. The minimum absolute atomic E-state index is 0.0598. The highest BCUT2D eigenvalue weighted by Crippen LogP contribution is 2.38. The van der Waals surface area contributed by atoms with Crippen LogP contribution in [0.4, 0.5) is 25.8 Å². The van der Waals surface area contributed by atoms with Gasteiger partial charge in [0.2, 0.25) is 17.5 Å². The van der Waals surface area contributed by atoms with Gasteiger partial charge in [-0.1, -0.05) is 0 Å². The topological polar surface area (TPSA) is 145 Å². The van der Waals surface area contributed by atoms with Gasteiger partial charge in [0.1, 0.15) is 17.3 Å². The molecule has 4 fully saturated rings. The van der Waals surface area contributed by atoms with E-state index in [0.29, 0.717) is 64.9 Å². The third-order valence-electron chi connectivity index (χ3n) is 13.2. The zero-order chi connectivity index (χ0) is 42.7. The lowest BCUT2D eigenvalue weighted by Gasteiger charge is -2.48. The predicted octanol–water partition coefficient (Wildman–Crippen LogP) is 6.14. The van der Waals surface area contributed by atoms with E-state index in [1.54, 1.807) is 32.0 Å². The van der Waals surface area contributed by atoms with Crippen molar-refractivity contribution in [1.82, 2.24) is 34.5 Å². The molecule has 0 spiro atoms. The number of anilines is 2. The minimum atomic E-state index is -1.25. The summed E-state index contributed by atoms with van der Waals surface area (Å²) >= 11 is 0. The zero-order valence-electron chi connectivity index (χ0n) is 34.6. The van der Waals surface area contributed by atoms with Crippen LogP contribution in [0, 0.1) is 24.1 Å². The van der Waals surface area contributed by atoms with Crippen LogP contribution in [0.3, 0.4) is 0 Å². The molecule has 3 N–H and O–H groups in total. The molecule has 318 valence electrons. The lowest BCUT2D eigenvalue weighted by molar-refractivity contribution is -0.134. The lowest BCUT2D eigenvalue weighted by atomic mass is 9.89. The molecule has 3 aromatic heterocycles. The Hall–Kier alpha value is -5.76. The number of aliphatic hydroxyl groups is 1. The van der Waals surface area contributed by atoms with E-state index < -0.39 is 35.0 Å². The first kappa shape index (κ1) is 40.6. The van der Waals surface area contributed by atoms with Crippen LogP contribution in [0.5, 0.6) is 0 Å². The molecule has 3 amide bonds. The molecule has 1 saturated carbocycles. The van der Waals surface area contributed by atoms with E-state index in [9.17, 15) is 19.5 Å². The van der Waals surface area contributed by atoms with Gasteiger partial charge in [0, 0.05) is 97.8 Å². The Kier molecular flexibility index (Phi) is 10.6. The highest BCUT2D eigenvalue weighted by Gasteiger charge is 2.37. The second-order valence-electron chi connectivity index (χ2n) is 17.9. The summed E-state index contributed by atoms with van der Waals surface area (Å²) in [6.07, 6.45) is 7.73. The standard InChI is InChI=1S/C45H50F2N10O4/c1-26-21-54(14-13-53(26)22-27-23-55(24-27)33-17-36(46)42(37(47)18-33)34-10-12-41(58)51-43(34)59)30-5-7-31(8-6-30)56-25-28-15-39(35(45(2,3)61)19-38(28)52-56)50-44(60)40-11-9-32-16-29(48-4)20-49-57(32)40/h9,11,15-20,25-27,30-31,34,61H,5-8,10,12-14,21-24H2,1-3H3,(H,50,60)(H,51,58,59)/t26-,30?,31?,34-/m1/s1. The summed E-state index contributed by atoms with van der Waals surface area (Å²) in [7, 11) is 0. The van der Waals surface area contributed by atoms with Crippen LogP contribution in [0.1, 0.15) is 92.9 Å². The lowest BCUT2D eigenvalue weighted by Crippen LogP contribution is -2.59. The minimum Gasteiger partial charge on any atom is -0.386 e. The third-order valence-corrected chi connectivity index (χ3v) is 13.2. The van der Waals surface area contributed by atoms with Crippen LogP contribution in [0.15, 0.2) is 54.9 Å². The summed E-state index contributed by atoms with van der Waals surface area (Å²) in [6, 6.07) is 12.6. The fourth-order valence-corrected chi connectivity index (χ4v) is 9.89. The van der Waals surface area contributed by atoms with Gasteiger partial charge in [-0.3, -0.25) is 34.2 Å². The zero-order valence-corrected chi connectivity index (χ0v) is 34.6. The second kappa shape index (κ2) is 15.9. The number of amides is 3. The monoisotopic (exact) mass is 832 g/mol. The van der Waals surface area contributed by atoms with Crippen LogP contribution in [0.25, 0.3) is 21.3 Å². The Labute approximate surface area is 352 Å². The fraction of sp³-hybridized carbons (Fsp3) is 0.467. The number of rotatable bonds is 9. The van der Waals surface area contributed by atoms with Gasteiger partial charge in [-0.15, -0.1) is 0 Å². The van der Waals surface area contributed by atoms with Crippen molar-refractivity contribution in [1.29, 1.82) is 0 Å². The number of aromatic nitrogens is 4. The first-order valence-corrected chi connectivity index (χ1v) is 21.2. The predicted molar refractivity (Wildman–Crippen MR) is 225 cm³/mol. The molecule has 3 aliphatic heterocycles. The van der Waals surface area contributed by atoms with Crippen LogP contribution in [-0.2, 0) is 15.2 Å². The molecule has 3 saturated heterocycles. The fourth-order valence-electron chi connectivity index (χ4n) is 9.89. The number of hydrogen-bond donors (Lipinski definition) is 3. The summed E-state index contributed by atoms with van der Waals surface area (Å²) in [4.78, 5) is 47.9. The maximum absolute atomic E-state index is 15.2. The van der Waals surface area contributed by atoms with Crippen LogP contribution >= 0.6 is 0 Å². The van der Waals surface area contributed by atoms with E-state index in [1.165, 1.54) is 22.8 Å². The van der Waals surface area contributed by atoms with E-state index >= 15 is 8.78 Å². The van der Waals surface area contributed by atoms with Gasteiger partial charge in [0.15, 0.2) is 0 Å². The molecule has 1 aliphatic carbocycles. The van der Waals surface area contributed by atoms with Gasteiger partial charge < -0.3 is 15.3 Å². The number of halogens is 2. The summed E-state index contributed by atoms with van der Waals surface area (Å²) in [5.41, 5.74) is 2.10. The van der Waals surface area contributed by atoms with Crippen molar-refractivity contribution in [2.45, 2.75) is 88.9 Å². The molecule has 16 heteroatoms. The van der Waals surface area contributed by atoms with Gasteiger partial charge in [-0.05, 0) is 95.3 Å². The molecule has 4 aliphatic rings. The number of carbonyl (C=O) groups excluding carboxylic acids is 3. The average Bonchev–Trinajstić information content (AvgIpc) is 3.83.